The van der Waals surface area contributed by atoms with E-state index in [9.17, 15) is 0 Å². The smallest absolute Gasteiger partial charge is 0.176 e. The van der Waals surface area contributed by atoms with E-state index in [4.69, 9.17) is 18.6 Å². The van der Waals surface area contributed by atoms with Gasteiger partial charge in [0.1, 0.15) is 5.76 Å². The summed E-state index contributed by atoms with van der Waals surface area (Å²) in [6.45, 7) is 5.29. The molecule has 0 unspecified atom stereocenters. The molecule has 0 atom stereocenters. The summed E-state index contributed by atoms with van der Waals surface area (Å²) in [5.41, 5.74) is 5.74. The Labute approximate surface area is 194 Å². The molecule has 5 heteroatoms. The number of hydrogen-bond donors (Lipinski definition) is 0. The second-order valence-electron chi connectivity index (χ2n) is 8.31. The van der Waals surface area contributed by atoms with Gasteiger partial charge in [-0.25, -0.2) is 0 Å². The molecule has 0 N–H and O–H groups in total. The lowest BCUT2D eigenvalue weighted by atomic mass is 9.98. The summed E-state index contributed by atoms with van der Waals surface area (Å²) in [5.74, 6) is 3.23. The van der Waals surface area contributed by atoms with Gasteiger partial charge in [-0.05, 0) is 54.3 Å². The Hall–Kier alpha value is -3.44. The van der Waals surface area contributed by atoms with E-state index in [1.54, 1.807) is 14.2 Å². The van der Waals surface area contributed by atoms with Crippen LogP contribution >= 0.6 is 0 Å². The second kappa shape index (κ2) is 9.20. The monoisotopic (exact) mass is 443 g/mol. The number of furan rings is 1. The topological polar surface area (TPSA) is 44.1 Å². The molecule has 0 fully saturated rings. The van der Waals surface area contributed by atoms with Crippen LogP contribution in [0.3, 0.4) is 0 Å². The van der Waals surface area contributed by atoms with Gasteiger partial charge in [-0.1, -0.05) is 36.4 Å². The predicted molar refractivity (Wildman–Crippen MR) is 130 cm³/mol. The van der Waals surface area contributed by atoms with Crippen LogP contribution in [0.2, 0.25) is 0 Å². The first-order valence-electron chi connectivity index (χ1n) is 11.4. The fraction of sp³-hybridized carbons (Fsp3) is 0.286. The van der Waals surface area contributed by atoms with Crippen LogP contribution in [-0.2, 0) is 19.5 Å². The summed E-state index contributed by atoms with van der Waals surface area (Å²) in [7, 11) is 3.37. The lowest BCUT2D eigenvalue weighted by Crippen LogP contribution is -2.30. The number of methoxy groups -OCH3 is 2. The molecule has 0 spiro atoms. The summed E-state index contributed by atoms with van der Waals surface area (Å²) >= 11 is 0. The van der Waals surface area contributed by atoms with Crippen molar-refractivity contribution in [2.24, 2.45) is 0 Å². The zero-order chi connectivity index (χ0) is 22.8. The standard InChI is InChI=1S/C28H29NO4/c1-4-32-24-11-10-21(23-16-25(33-28(23)24)19-8-6-5-7-9-19)17-29-13-12-20-14-26(30-2)27(31-3)15-22(20)18-29/h5-11,14-16H,4,12-13,17-18H2,1-3H3. The first kappa shape index (κ1) is 21.4. The molecule has 0 saturated carbocycles. The summed E-state index contributed by atoms with van der Waals surface area (Å²) < 4.78 is 23.2. The Kier molecular flexibility index (Phi) is 5.97. The van der Waals surface area contributed by atoms with E-state index in [0.717, 1.165) is 65.6 Å². The van der Waals surface area contributed by atoms with Crippen LogP contribution in [0.25, 0.3) is 22.3 Å². The van der Waals surface area contributed by atoms with Crippen LogP contribution in [-0.4, -0.2) is 32.3 Å². The van der Waals surface area contributed by atoms with Gasteiger partial charge in [-0.15, -0.1) is 0 Å². The van der Waals surface area contributed by atoms with Crippen molar-refractivity contribution in [3.8, 4) is 28.6 Å². The third kappa shape index (κ3) is 4.16. The maximum atomic E-state index is 6.31. The molecular formula is C28H29NO4. The first-order valence-corrected chi connectivity index (χ1v) is 11.4. The third-order valence-corrected chi connectivity index (χ3v) is 6.29. The van der Waals surface area contributed by atoms with Crippen LogP contribution in [0.5, 0.6) is 17.2 Å². The highest BCUT2D eigenvalue weighted by Crippen LogP contribution is 2.37. The van der Waals surface area contributed by atoms with E-state index < -0.39 is 0 Å². The average Bonchev–Trinajstić information content (AvgIpc) is 3.31. The zero-order valence-electron chi connectivity index (χ0n) is 19.4. The lowest BCUT2D eigenvalue weighted by molar-refractivity contribution is 0.245. The van der Waals surface area contributed by atoms with Gasteiger partial charge in [-0.2, -0.15) is 0 Å². The number of hydrogen-bond acceptors (Lipinski definition) is 5. The van der Waals surface area contributed by atoms with Crippen molar-refractivity contribution in [2.75, 3.05) is 27.4 Å². The predicted octanol–water partition coefficient (Wildman–Crippen LogP) is 6.07. The van der Waals surface area contributed by atoms with Crippen molar-refractivity contribution in [1.82, 2.24) is 4.90 Å². The van der Waals surface area contributed by atoms with Crippen molar-refractivity contribution in [3.05, 3.63) is 77.4 Å². The van der Waals surface area contributed by atoms with Gasteiger partial charge in [0, 0.05) is 30.6 Å². The Morgan fingerprint density at radius 1 is 0.879 bits per heavy atom. The minimum atomic E-state index is 0.601. The molecular weight excluding hydrogens is 414 g/mol. The van der Waals surface area contributed by atoms with Crippen molar-refractivity contribution in [2.45, 2.75) is 26.4 Å². The molecule has 33 heavy (non-hydrogen) atoms. The quantitative estimate of drug-likeness (QED) is 0.347. The minimum Gasteiger partial charge on any atom is -0.493 e. The average molecular weight is 444 g/mol. The van der Waals surface area contributed by atoms with Gasteiger partial charge in [0.05, 0.1) is 20.8 Å². The number of rotatable bonds is 7. The summed E-state index contributed by atoms with van der Waals surface area (Å²) in [5, 5.41) is 1.11. The molecule has 0 aliphatic carbocycles. The molecule has 0 amide bonds. The molecule has 3 aromatic carbocycles. The normalized spacial score (nSPS) is 13.7. The molecule has 5 rings (SSSR count). The minimum absolute atomic E-state index is 0.601. The second-order valence-corrected chi connectivity index (χ2v) is 8.31. The number of nitrogens with zero attached hydrogens (tertiary/aromatic N) is 1. The molecule has 0 radical (unpaired) electrons. The van der Waals surface area contributed by atoms with Gasteiger partial charge >= 0.3 is 0 Å². The summed E-state index contributed by atoms with van der Waals surface area (Å²) in [4.78, 5) is 2.47. The van der Waals surface area contributed by atoms with Crippen molar-refractivity contribution >= 4 is 11.0 Å². The molecule has 4 aromatic rings. The highest BCUT2D eigenvalue weighted by Gasteiger charge is 2.22. The van der Waals surface area contributed by atoms with Gasteiger partial charge in [-0.3, -0.25) is 4.90 Å². The Morgan fingerprint density at radius 2 is 1.64 bits per heavy atom. The van der Waals surface area contributed by atoms with E-state index in [2.05, 4.69) is 41.3 Å². The lowest BCUT2D eigenvalue weighted by Gasteiger charge is -2.29. The fourth-order valence-electron chi connectivity index (χ4n) is 4.62. The van der Waals surface area contributed by atoms with Crippen LogP contribution < -0.4 is 14.2 Å². The van der Waals surface area contributed by atoms with Gasteiger partial charge in [0.15, 0.2) is 22.8 Å². The van der Waals surface area contributed by atoms with Gasteiger partial charge in [0.25, 0.3) is 0 Å². The van der Waals surface area contributed by atoms with E-state index >= 15 is 0 Å². The van der Waals surface area contributed by atoms with Gasteiger partial charge in [0.2, 0.25) is 0 Å². The Morgan fingerprint density at radius 3 is 2.36 bits per heavy atom. The van der Waals surface area contributed by atoms with Crippen LogP contribution in [0.15, 0.2) is 65.1 Å². The summed E-state index contributed by atoms with van der Waals surface area (Å²) in [6.07, 6.45) is 0.983. The maximum absolute atomic E-state index is 6.31. The molecule has 1 aliphatic heterocycles. The number of fused-ring (bicyclic) bond motifs is 2. The molecule has 0 saturated heterocycles. The fourth-order valence-corrected chi connectivity index (χ4v) is 4.62. The highest BCUT2D eigenvalue weighted by molar-refractivity contribution is 5.90. The van der Waals surface area contributed by atoms with Crippen LogP contribution in [0.4, 0.5) is 0 Å². The summed E-state index contributed by atoms with van der Waals surface area (Å²) in [6, 6.07) is 20.8. The number of benzene rings is 3. The number of ether oxygens (including phenoxy) is 3. The molecule has 0 bridgehead atoms. The first-order chi connectivity index (χ1) is 16.2. The van der Waals surface area contributed by atoms with E-state index in [1.807, 2.05) is 31.2 Å². The highest BCUT2D eigenvalue weighted by atomic mass is 16.5. The largest absolute Gasteiger partial charge is 0.493 e. The Bertz CT molecular complexity index is 1260. The van der Waals surface area contributed by atoms with Crippen LogP contribution in [0.1, 0.15) is 23.6 Å². The maximum Gasteiger partial charge on any atom is 0.176 e. The SMILES string of the molecule is CCOc1ccc(CN2CCc3cc(OC)c(OC)cc3C2)c2cc(-c3ccccc3)oc12. The van der Waals surface area contributed by atoms with Crippen LogP contribution in [0, 0.1) is 0 Å². The van der Waals surface area contributed by atoms with Crippen molar-refractivity contribution in [1.29, 1.82) is 0 Å². The molecule has 5 nitrogen and oxygen atoms in total. The third-order valence-electron chi connectivity index (χ3n) is 6.29. The van der Waals surface area contributed by atoms with Crippen molar-refractivity contribution in [3.63, 3.8) is 0 Å². The van der Waals surface area contributed by atoms with E-state index in [1.165, 1.54) is 16.7 Å². The van der Waals surface area contributed by atoms with Crippen molar-refractivity contribution < 1.29 is 18.6 Å². The molecule has 1 aliphatic rings. The van der Waals surface area contributed by atoms with E-state index in [-0.39, 0.29) is 0 Å². The molecule has 170 valence electrons. The van der Waals surface area contributed by atoms with Gasteiger partial charge < -0.3 is 18.6 Å². The molecule has 1 aromatic heterocycles. The Balaban J connectivity index is 1.47. The zero-order valence-corrected chi connectivity index (χ0v) is 19.4. The molecule has 2 heterocycles. The van der Waals surface area contributed by atoms with E-state index in [0.29, 0.717) is 6.61 Å².